The van der Waals surface area contributed by atoms with Gasteiger partial charge in [-0.3, -0.25) is 0 Å². The van der Waals surface area contributed by atoms with Crippen molar-refractivity contribution in [3.63, 3.8) is 0 Å². The van der Waals surface area contributed by atoms with Gasteiger partial charge >= 0.3 is 0 Å². The van der Waals surface area contributed by atoms with Gasteiger partial charge in [0.1, 0.15) is 0 Å². The number of hydrogen-bond donors (Lipinski definition) is 0. The number of rotatable bonds is 23. The summed E-state index contributed by atoms with van der Waals surface area (Å²) in [5.74, 6) is 0. The molecule has 110 heavy (non-hydrogen) atoms. The molecule has 0 radical (unpaired) electrons. The molecule has 1 aliphatic rings. The van der Waals surface area contributed by atoms with Gasteiger partial charge in [0.2, 0.25) is 0 Å². The molecule has 14 aromatic rings. The second kappa shape index (κ2) is 38.5. The highest BCUT2D eigenvalue weighted by Gasteiger charge is 2.22. The summed E-state index contributed by atoms with van der Waals surface area (Å²) in [6, 6.07) is 124. The lowest BCUT2D eigenvalue weighted by atomic mass is 10.0. The van der Waals surface area contributed by atoms with Gasteiger partial charge in [-0.1, -0.05) is 250 Å². The van der Waals surface area contributed by atoms with Crippen LogP contribution < -0.4 is 19.6 Å². The van der Waals surface area contributed by atoms with Crippen molar-refractivity contribution in [3.8, 4) is 22.3 Å². The van der Waals surface area contributed by atoms with E-state index < -0.39 is 0 Å². The summed E-state index contributed by atoms with van der Waals surface area (Å²) in [6.07, 6.45) is 0.965. The van der Waals surface area contributed by atoms with E-state index in [1.807, 2.05) is 164 Å². The van der Waals surface area contributed by atoms with Crippen molar-refractivity contribution in [2.75, 3.05) is 19.6 Å². The summed E-state index contributed by atoms with van der Waals surface area (Å²) in [5.41, 5.74) is 69.2. The average Bonchev–Trinajstić information content (AvgIpc) is 1.52. The molecule has 19 nitrogen and oxygen atoms in total. The first-order chi connectivity index (χ1) is 54.3. The molecule has 0 N–H and O–H groups in total. The molecule has 1 aliphatic carbocycles. The molecular weight excluding hydrogens is 1360 g/mol. The monoisotopic (exact) mass is 1430 g/mol. The molecule has 15 rings (SSSR count). The zero-order valence-corrected chi connectivity index (χ0v) is 60.4. The average molecular weight is 1430 g/mol. The summed E-state index contributed by atoms with van der Waals surface area (Å²) in [6.45, 7) is 3.80. The minimum absolute atomic E-state index is 0.329. The van der Waals surface area contributed by atoms with Crippen LogP contribution in [0.15, 0.2) is 390 Å². The number of benzene rings is 14. The highest BCUT2D eigenvalue weighted by Crippen LogP contribution is 2.43. The Labute approximate surface area is 638 Å². The molecule has 0 atom stereocenters. The zero-order valence-electron chi connectivity index (χ0n) is 60.4. The summed E-state index contributed by atoms with van der Waals surface area (Å²) in [7, 11) is 0. The van der Waals surface area contributed by atoms with Crippen LogP contribution in [0.3, 0.4) is 0 Å². The maximum atomic E-state index is 8.56. The molecule has 0 saturated carbocycles. The first kappa shape index (κ1) is 74.5. The second-order valence-electron chi connectivity index (χ2n) is 25.4. The van der Waals surface area contributed by atoms with Gasteiger partial charge in [-0.15, -0.1) is 0 Å². The van der Waals surface area contributed by atoms with E-state index in [0.717, 1.165) is 102 Å². The van der Waals surface area contributed by atoms with Gasteiger partial charge in [-0.2, -0.15) is 0 Å². The first-order valence-electron chi connectivity index (χ1n) is 35.6. The van der Waals surface area contributed by atoms with Crippen LogP contribution in [-0.4, -0.2) is 0 Å². The molecule has 0 heterocycles. The van der Waals surface area contributed by atoms with Crippen molar-refractivity contribution in [2.24, 2.45) is 25.6 Å². The maximum absolute atomic E-state index is 8.56. The Kier molecular flexibility index (Phi) is 26.1. The van der Waals surface area contributed by atoms with Crippen LogP contribution in [0.1, 0.15) is 44.5 Å². The van der Waals surface area contributed by atoms with Crippen LogP contribution in [0.4, 0.5) is 68.2 Å². The lowest BCUT2D eigenvalue weighted by Gasteiger charge is -2.26. The van der Waals surface area contributed by atoms with Crippen LogP contribution in [-0.2, 0) is 39.1 Å². The van der Waals surface area contributed by atoms with Gasteiger partial charge in [0.25, 0.3) is 0 Å². The first-order valence-corrected chi connectivity index (χ1v) is 35.6. The van der Waals surface area contributed by atoms with Crippen LogP contribution in [0.5, 0.6) is 0 Å². The van der Waals surface area contributed by atoms with Crippen molar-refractivity contribution < 1.29 is 0 Å². The molecule has 0 amide bonds. The number of para-hydroxylation sites is 4. The van der Waals surface area contributed by atoms with Crippen molar-refractivity contribution in [3.05, 3.63) is 461 Å². The molecule has 0 saturated heterocycles. The Morgan fingerprint density at radius 2 is 0.455 bits per heavy atom. The van der Waals surface area contributed by atoms with Crippen LogP contribution >= 0.6 is 0 Å². The third kappa shape index (κ3) is 19.8. The highest BCUT2D eigenvalue weighted by atomic mass is 15.2. The Bertz CT molecular complexity index is 5440. The second-order valence-corrected chi connectivity index (χ2v) is 25.4. The number of nitrogens with zero attached hydrogens (tertiary/aromatic N) is 19. The third-order valence-electron chi connectivity index (χ3n) is 18.2. The molecule has 14 aromatic carbocycles. The standard InChI is InChI=1S/C26H20N4.C25H20N4.C21H19N7.C19H16N4/c27-29-28-18-19-10-12-23(13-11-19)30(22-7-2-1-3-8-22)24-14-15-26-21(17-24)16-20-6-4-5-9-25(20)26;26-28-27-19-20-11-15-24(16-12-20)29(23-9-5-2-6-10-23)25-17-13-22(14-18-25)21-7-3-1-4-8-21;1-16-2-8-19(9-3-16)28(20-10-4-17(5-11-20)14-24-26-22)21-12-6-18(7-13-21)15-25-27-23;20-22-21-15-16-11-13-19(14-12-16)23(17-7-3-1-4-8-17)18-9-5-2-6-10-18/h1-15,17H,16,18H2;1-18H,19H2;2-13H,14-15H2,1H3;1-14H,15H2. The molecule has 0 aromatic heterocycles. The van der Waals surface area contributed by atoms with Gasteiger partial charge in [0.15, 0.2) is 0 Å². The maximum Gasteiger partial charge on any atom is 0.0510 e. The topological polar surface area (TPSA) is 257 Å². The van der Waals surface area contributed by atoms with E-state index in [2.05, 4.69) is 277 Å². The quantitative estimate of drug-likeness (QED) is 0.0344. The van der Waals surface area contributed by atoms with Crippen molar-refractivity contribution >= 4 is 68.2 Å². The van der Waals surface area contributed by atoms with E-state index in [1.54, 1.807) is 0 Å². The normalized spacial score (nSPS) is 10.4. The summed E-state index contributed by atoms with van der Waals surface area (Å²) < 4.78 is 0. The molecule has 0 fully saturated rings. The lowest BCUT2D eigenvalue weighted by Crippen LogP contribution is -2.10. The van der Waals surface area contributed by atoms with Gasteiger partial charge in [-0.25, -0.2) is 0 Å². The number of hydrogen-bond acceptors (Lipinski definition) is 9. The fourth-order valence-corrected chi connectivity index (χ4v) is 12.8. The summed E-state index contributed by atoms with van der Waals surface area (Å²) in [4.78, 5) is 22.9. The molecule has 534 valence electrons. The van der Waals surface area contributed by atoms with E-state index in [0.29, 0.717) is 32.7 Å². The molecule has 0 bridgehead atoms. The Hall–Kier alpha value is -15.2. The van der Waals surface area contributed by atoms with E-state index in [1.165, 1.54) is 38.9 Å². The molecule has 19 heteroatoms. The van der Waals surface area contributed by atoms with Crippen LogP contribution in [0.2, 0.25) is 0 Å². The van der Waals surface area contributed by atoms with E-state index in [9.17, 15) is 0 Å². The lowest BCUT2D eigenvalue weighted by molar-refractivity contribution is 1.04. The SMILES string of the molecule is Cc1ccc(N(c2ccc(CN=[N+]=[N-])cc2)c2ccc(CN=[N+]=[N-])cc2)cc1.[N-]=[N+]=NCc1ccc(N(c2ccccc2)c2ccc(-c3ccccc3)cc2)cc1.[N-]=[N+]=NCc1ccc(N(c2ccccc2)c2ccc3c(c2)Cc2ccccc2-3)cc1.[N-]=[N+]=NCc1ccc(N(c2ccccc2)c2ccccc2)cc1. The van der Waals surface area contributed by atoms with Gasteiger partial charge in [0, 0.05) is 92.8 Å². The third-order valence-corrected chi connectivity index (χ3v) is 18.2. The largest absolute Gasteiger partial charge is 0.311 e. The smallest absolute Gasteiger partial charge is 0.0510 e. The number of azide groups is 5. The zero-order chi connectivity index (χ0) is 75.9. The molecule has 0 spiro atoms. The summed E-state index contributed by atoms with van der Waals surface area (Å²) in [5, 5.41) is 18.1. The van der Waals surface area contributed by atoms with E-state index in [-0.39, 0.29) is 0 Å². The minimum atomic E-state index is 0.329. The summed E-state index contributed by atoms with van der Waals surface area (Å²) >= 11 is 0. The fourth-order valence-electron chi connectivity index (χ4n) is 12.8. The minimum Gasteiger partial charge on any atom is -0.311 e. The molecular formula is C91H75N19. The number of fused-ring (bicyclic) bond motifs is 3. The van der Waals surface area contributed by atoms with Crippen molar-refractivity contribution in [1.82, 2.24) is 0 Å². The van der Waals surface area contributed by atoms with E-state index in [4.69, 9.17) is 27.7 Å². The van der Waals surface area contributed by atoms with Gasteiger partial charge in [-0.05, 0) is 248 Å². The van der Waals surface area contributed by atoms with Crippen LogP contribution in [0, 0.1) is 6.92 Å². The number of aryl methyl sites for hydroxylation is 1. The van der Waals surface area contributed by atoms with Crippen LogP contribution in [0.25, 0.3) is 74.5 Å². The fraction of sp³-hybridized carbons (Fsp3) is 0.0769. The van der Waals surface area contributed by atoms with Crippen molar-refractivity contribution in [1.29, 1.82) is 0 Å². The van der Waals surface area contributed by atoms with Gasteiger partial charge in [0.05, 0.1) is 32.7 Å². The molecule has 0 aliphatic heterocycles. The van der Waals surface area contributed by atoms with Crippen molar-refractivity contribution in [2.45, 2.75) is 46.1 Å². The molecule has 0 unspecified atom stereocenters. The van der Waals surface area contributed by atoms with E-state index >= 15 is 0 Å². The highest BCUT2D eigenvalue weighted by molar-refractivity contribution is 5.84. The Morgan fingerprint density at radius 1 is 0.227 bits per heavy atom. The van der Waals surface area contributed by atoms with Gasteiger partial charge < -0.3 is 19.6 Å². The predicted octanol–water partition coefficient (Wildman–Crippen LogP) is 28.2. The predicted molar refractivity (Wildman–Crippen MR) is 447 cm³/mol. The number of anilines is 12. The Morgan fingerprint density at radius 3 is 0.764 bits per heavy atom. The Balaban J connectivity index is 0.000000137.